The first-order valence-corrected chi connectivity index (χ1v) is 10.8. The number of esters is 1. The Morgan fingerprint density at radius 1 is 1.00 bits per heavy atom. The highest BCUT2D eigenvalue weighted by molar-refractivity contribution is 8.00. The Morgan fingerprint density at radius 3 is 2.44 bits per heavy atom. The van der Waals surface area contributed by atoms with Gasteiger partial charge in [0.25, 0.3) is 0 Å². The largest absolute Gasteiger partial charge is 0.457 e. The molecule has 0 bridgehead atoms. The van der Waals surface area contributed by atoms with Crippen LogP contribution in [-0.4, -0.2) is 29.9 Å². The van der Waals surface area contributed by atoms with Crippen LogP contribution in [0.4, 0.5) is 0 Å². The number of nitrogens with zero attached hydrogens (tertiary/aromatic N) is 1. The molecule has 0 unspecified atom stereocenters. The van der Waals surface area contributed by atoms with E-state index >= 15 is 0 Å². The highest BCUT2D eigenvalue weighted by atomic mass is 32.2. The van der Waals surface area contributed by atoms with Crippen molar-refractivity contribution in [3.05, 3.63) is 77.0 Å². The van der Waals surface area contributed by atoms with E-state index in [-0.39, 0.29) is 22.8 Å². The van der Waals surface area contributed by atoms with Crippen LogP contribution in [0.15, 0.2) is 70.8 Å². The predicted octanol–water partition coefficient (Wildman–Crippen LogP) is 4.01. The van der Waals surface area contributed by atoms with Gasteiger partial charge in [-0.25, -0.2) is 0 Å². The zero-order chi connectivity index (χ0) is 22.8. The van der Waals surface area contributed by atoms with E-state index in [1.54, 1.807) is 6.07 Å². The van der Waals surface area contributed by atoms with Crippen LogP contribution in [0.3, 0.4) is 0 Å². The van der Waals surface area contributed by atoms with Crippen molar-refractivity contribution in [2.24, 2.45) is 5.73 Å². The molecule has 158 valence electrons. The summed E-state index contributed by atoms with van der Waals surface area (Å²) < 4.78 is 5.01. The topological polar surface area (TPSA) is 110 Å². The molecule has 6 nitrogen and oxygen atoms in total. The standard InChI is InChI=1S/C25H18N2O4S/c1-14(27)20(11-26)21(28)12-31-23(29)13-32-22-10-9-16-15-5-2-3-6-17(15)25(30)19-8-4-7-18(22)24(16)19/h2-10H,12-13,27H2,1H3. The summed E-state index contributed by atoms with van der Waals surface area (Å²) in [6, 6.07) is 18.7. The van der Waals surface area contributed by atoms with E-state index in [1.165, 1.54) is 18.7 Å². The normalized spacial score (nSPS) is 12.6. The molecule has 0 heterocycles. The monoisotopic (exact) mass is 442 g/mol. The Kier molecular flexibility index (Phi) is 5.80. The summed E-state index contributed by atoms with van der Waals surface area (Å²) in [5.74, 6) is -1.26. The fourth-order valence-electron chi connectivity index (χ4n) is 3.75. The lowest BCUT2D eigenvalue weighted by Crippen LogP contribution is -2.18. The molecule has 0 spiro atoms. The molecule has 2 N–H and O–H groups in total. The minimum atomic E-state index is -0.635. The first-order valence-electron chi connectivity index (χ1n) is 9.80. The summed E-state index contributed by atoms with van der Waals surface area (Å²) in [6.45, 7) is 0.904. The van der Waals surface area contributed by atoms with Crippen molar-refractivity contribution >= 4 is 40.1 Å². The average Bonchev–Trinajstić information content (AvgIpc) is 2.80. The maximum Gasteiger partial charge on any atom is 0.316 e. The fraction of sp³-hybridized carbons (Fsp3) is 0.120. The van der Waals surface area contributed by atoms with Crippen molar-refractivity contribution in [2.45, 2.75) is 11.8 Å². The number of ketones is 2. The van der Waals surface area contributed by atoms with Gasteiger partial charge in [-0.1, -0.05) is 48.5 Å². The number of thioether (sulfide) groups is 1. The van der Waals surface area contributed by atoms with Crippen LogP contribution < -0.4 is 5.73 Å². The predicted molar refractivity (Wildman–Crippen MR) is 122 cm³/mol. The molecule has 0 radical (unpaired) electrons. The molecule has 1 aliphatic rings. The number of carbonyl (C=O) groups is 3. The molecule has 0 aromatic heterocycles. The first-order chi connectivity index (χ1) is 15.4. The van der Waals surface area contributed by atoms with Gasteiger partial charge < -0.3 is 10.5 Å². The number of nitrogens with two attached hydrogens (primary N) is 1. The smallest absolute Gasteiger partial charge is 0.316 e. The Morgan fingerprint density at radius 2 is 1.72 bits per heavy atom. The average molecular weight is 442 g/mol. The molecule has 1 aliphatic carbocycles. The Bertz CT molecular complexity index is 1360. The van der Waals surface area contributed by atoms with E-state index in [4.69, 9.17) is 15.7 Å². The van der Waals surface area contributed by atoms with Gasteiger partial charge in [0.2, 0.25) is 5.78 Å². The lowest BCUT2D eigenvalue weighted by Gasteiger charge is -2.21. The van der Waals surface area contributed by atoms with E-state index in [2.05, 4.69) is 0 Å². The highest BCUT2D eigenvalue weighted by Gasteiger charge is 2.25. The van der Waals surface area contributed by atoms with Crippen molar-refractivity contribution in [3.8, 4) is 17.2 Å². The fourth-order valence-corrected chi connectivity index (χ4v) is 4.59. The zero-order valence-corrected chi connectivity index (χ0v) is 18.0. The van der Waals surface area contributed by atoms with Crippen LogP contribution in [0.25, 0.3) is 21.9 Å². The van der Waals surface area contributed by atoms with Crippen molar-refractivity contribution < 1.29 is 19.1 Å². The summed E-state index contributed by atoms with van der Waals surface area (Å²) in [7, 11) is 0. The van der Waals surface area contributed by atoms with E-state index in [0.29, 0.717) is 11.1 Å². The Labute approximate surface area is 188 Å². The molecule has 3 aromatic rings. The second-order valence-electron chi connectivity index (χ2n) is 7.26. The van der Waals surface area contributed by atoms with Crippen molar-refractivity contribution in [2.75, 3.05) is 12.4 Å². The molecular weight excluding hydrogens is 424 g/mol. The number of hydrogen-bond acceptors (Lipinski definition) is 7. The number of nitriles is 1. The third kappa shape index (κ3) is 3.77. The number of carbonyl (C=O) groups excluding carboxylic acids is 3. The molecular formula is C25H18N2O4S. The van der Waals surface area contributed by atoms with Gasteiger partial charge in [0, 0.05) is 27.1 Å². The Balaban J connectivity index is 1.55. The van der Waals surface area contributed by atoms with Gasteiger partial charge in [0.1, 0.15) is 11.6 Å². The molecule has 4 rings (SSSR count). The first kappa shape index (κ1) is 21.3. The molecule has 0 saturated carbocycles. The van der Waals surface area contributed by atoms with E-state index < -0.39 is 18.4 Å². The van der Waals surface area contributed by atoms with Crippen LogP contribution >= 0.6 is 11.8 Å². The van der Waals surface area contributed by atoms with Crippen LogP contribution in [0.1, 0.15) is 22.8 Å². The molecule has 7 heteroatoms. The minimum Gasteiger partial charge on any atom is -0.457 e. The van der Waals surface area contributed by atoms with Crippen LogP contribution in [-0.2, 0) is 14.3 Å². The quantitative estimate of drug-likeness (QED) is 0.208. The molecule has 3 aromatic carbocycles. The van der Waals surface area contributed by atoms with Gasteiger partial charge in [-0.15, -0.1) is 11.8 Å². The van der Waals surface area contributed by atoms with Gasteiger partial charge >= 0.3 is 5.97 Å². The number of hydrogen-bond donors (Lipinski definition) is 1. The summed E-state index contributed by atoms with van der Waals surface area (Å²) in [5, 5.41) is 10.7. The van der Waals surface area contributed by atoms with Gasteiger partial charge in [-0.3, -0.25) is 14.4 Å². The SMILES string of the molecule is CC(N)=C(C#N)C(=O)COC(=O)CSc1ccc2c3c(cccc13)C(=O)c1ccccc1-2. The third-order valence-corrected chi connectivity index (χ3v) is 6.25. The second-order valence-corrected chi connectivity index (χ2v) is 8.27. The van der Waals surface area contributed by atoms with Crippen molar-refractivity contribution in [1.29, 1.82) is 5.26 Å². The van der Waals surface area contributed by atoms with E-state index in [0.717, 1.165) is 26.8 Å². The van der Waals surface area contributed by atoms with Gasteiger partial charge in [0.05, 0.1) is 5.75 Å². The van der Waals surface area contributed by atoms with Crippen molar-refractivity contribution in [1.82, 2.24) is 0 Å². The van der Waals surface area contributed by atoms with Crippen molar-refractivity contribution in [3.63, 3.8) is 0 Å². The maximum absolute atomic E-state index is 13.0. The number of rotatable bonds is 6. The molecule has 0 aliphatic heterocycles. The van der Waals surface area contributed by atoms with Crippen LogP contribution in [0.2, 0.25) is 0 Å². The number of fused-ring (bicyclic) bond motifs is 2. The summed E-state index contributed by atoms with van der Waals surface area (Å²) in [6.07, 6.45) is 0. The summed E-state index contributed by atoms with van der Waals surface area (Å²) in [4.78, 5) is 37.9. The molecule has 0 saturated heterocycles. The number of allylic oxidation sites excluding steroid dienone is 1. The van der Waals surface area contributed by atoms with Gasteiger partial charge in [-0.2, -0.15) is 5.26 Å². The number of benzene rings is 3. The highest BCUT2D eigenvalue weighted by Crippen LogP contribution is 2.42. The molecule has 0 atom stereocenters. The lowest BCUT2D eigenvalue weighted by atomic mass is 9.83. The van der Waals surface area contributed by atoms with Crippen LogP contribution in [0.5, 0.6) is 0 Å². The molecule has 0 fully saturated rings. The second kappa shape index (κ2) is 8.69. The van der Waals surface area contributed by atoms with E-state index in [9.17, 15) is 14.4 Å². The van der Waals surface area contributed by atoms with E-state index in [1.807, 2.05) is 54.6 Å². The Hall–Kier alpha value is -3.89. The summed E-state index contributed by atoms with van der Waals surface area (Å²) >= 11 is 1.27. The maximum atomic E-state index is 13.0. The van der Waals surface area contributed by atoms with Crippen LogP contribution in [0, 0.1) is 11.3 Å². The van der Waals surface area contributed by atoms with Gasteiger partial charge in [0.15, 0.2) is 12.4 Å². The molecule has 32 heavy (non-hydrogen) atoms. The third-order valence-electron chi connectivity index (χ3n) is 5.20. The number of ether oxygens (including phenoxy) is 1. The van der Waals surface area contributed by atoms with Gasteiger partial charge in [-0.05, 0) is 29.5 Å². The lowest BCUT2D eigenvalue weighted by molar-refractivity contribution is -0.144. The minimum absolute atomic E-state index is 0.0182. The summed E-state index contributed by atoms with van der Waals surface area (Å²) in [5.41, 5.74) is 8.56. The number of Topliss-reactive ketones (excluding diaryl/α,β-unsaturated/α-hetero) is 1. The zero-order valence-electron chi connectivity index (χ0n) is 17.2. The molecule has 0 amide bonds.